The third-order valence-electron chi connectivity index (χ3n) is 5.05. The van der Waals surface area contributed by atoms with E-state index in [1.54, 1.807) is 24.1 Å². The summed E-state index contributed by atoms with van der Waals surface area (Å²) in [6.07, 6.45) is 1.38. The Kier molecular flexibility index (Phi) is 6.16. The Labute approximate surface area is 174 Å². The predicted molar refractivity (Wildman–Crippen MR) is 112 cm³/mol. The minimum Gasteiger partial charge on any atom is -0.496 e. The van der Waals surface area contributed by atoms with Crippen molar-refractivity contribution in [2.24, 2.45) is 0 Å². The molecule has 1 heterocycles. The van der Waals surface area contributed by atoms with Gasteiger partial charge in [-0.05, 0) is 56.5 Å². The van der Waals surface area contributed by atoms with Gasteiger partial charge in [-0.3, -0.25) is 9.59 Å². The highest BCUT2D eigenvalue weighted by Crippen LogP contribution is 2.30. The predicted octanol–water partition coefficient (Wildman–Crippen LogP) is 4.86. The molecule has 3 rings (SSSR count). The summed E-state index contributed by atoms with van der Waals surface area (Å²) in [5.41, 5.74) is 2.95. The van der Waals surface area contributed by atoms with Crippen LogP contribution in [0.4, 0.5) is 5.69 Å². The molecule has 5 nitrogen and oxygen atoms in total. The van der Waals surface area contributed by atoms with Crippen LogP contribution in [0.15, 0.2) is 30.3 Å². The molecule has 1 aliphatic heterocycles. The number of methoxy groups -OCH3 is 1. The van der Waals surface area contributed by atoms with Gasteiger partial charge in [-0.15, -0.1) is 0 Å². The standard InChI is InChI=1S/C21H22Cl2N2O3/c1-12-6-9-17(13(2)19(12)28-3)24-20(26)18-5-4-10-25(18)21(27)14-7-8-15(22)16(23)11-14/h6-9,11,18H,4-5,10H2,1-3H3,(H,24,26). The highest BCUT2D eigenvalue weighted by atomic mass is 35.5. The third-order valence-corrected chi connectivity index (χ3v) is 5.79. The van der Waals surface area contributed by atoms with Gasteiger partial charge in [0.05, 0.1) is 17.2 Å². The minimum atomic E-state index is -0.534. The van der Waals surface area contributed by atoms with Crippen molar-refractivity contribution in [1.82, 2.24) is 4.90 Å². The molecule has 0 aliphatic carbocycles. The number of amides is 2. The number of ether oxygens (including phenoxy) is 1. The highest BCUT2D eigenvalue weighted by molar-refractivity contribution is 6.42. The number of carbonyl (C=O) groups excluding carboxylic acids is 2. The summed E-state index contributed by atoms with van der Waals surface area (Å²) in [6.45, 7) is 4.37. The van der Waals surface area contributed by atoms with Gasteiger partial charge in [0, 0.05) is 23.4 Å². The average molecular weight is 421 g/mol. The van der Waals surface area contributed by atoms with Gasteiger partial charge in [0.1, 0.15) is 11.8 Å². The van der Waals surface area contributed by atoms with E-state index in [1.807, 2.05) is 26.0 Å². The molecular formula is C21H22Cl2N2O3. The molecule has 1 aliphatic rings. The van der Waals surface area contributed by atoms with Gasteiger partial charge < -0.3 is 15.0 Å². The van der Waals surface area contributed by atoms with Crippen molar-refractivity contribution in [3.05, 3.63) is 57.1 Å². The molecule has 2 aromatic rings. The van der Waals surface area contributed by atoms with E-state index in [4.69, 9.17) is 27.9 Å². The number of hydrogen-bond donors (Lipinski definition) is 1. The number of hydrogen-bond acceptors (Lipinski definition) is 3. The summed E-state index contributed by atoms with van der Waals surface area (Å²) in [6, 6.07) is 7.96. The van der Waals surface area contributed by atoms with Gasteiger partial charge in [0.2, 0.25) is 5.91 Å². The average Bonchev–Trinajstić information content (AvgIpc) is 3.16. The van der Waals surface area contributed by atoms with E-state index >= 15 is 0 Å². The first-order valence-corrected chi connectivity index (χ1v) is 9.80. The van der Waals surface area contributed by atoms with Crippen LogP contribution in [0.5, 0.6) is 5.75 Å². The van der Waals surface area contributed by atoms with Crippen LogP contribution >= 0.6 is 23.2 Å². The van der Waals surface area contributed by atoms with Crippen LogP contribution in [0, 0.1) is 13.8 Å². The first-order valence-electron chi connectivity index (χ1n) is 9.04. The zero-order valence-corrected chi connectivity index (χ0v) is 17.5. The molecular weight excluding hydrogens is 399 g/mol. The lowest BCUT2D eigenvalue weighted by Crippen LogP contribution is -2.43. The molecule has 0 bridgehead atoms. The summed E-state index contributed by atoms with van der Waals surface area (Å²) < 4.78 is 5.42. The second-order valence-electron chi connectivity index (χ2n) is 6.86. The van der Waals surface area contributed by atoms with Crippen LogP contribution in [0.25, 0.3) is 0 Å². The molecule has 28 heavy (non-hydrogen) atoms. The lowest BCUT2D eigenvalue weighted by molar-refractivity contribution is -0.119. The van der Waals surface area contributed by atoms with Crippen LogP contribution in [0.3, 0.4) is 0 Å². The Morgan fingerprint density at radius 1 is 1.14 bits per heavy atom. The normalized spacial score (nSPS) is 16.2. The van der Waals surface area contributed by atoms with Crippen LogP contribution < -0.4 is 10.1 Å². The third kappa shape index (κ3) is 3.96. The van der Waals surface area contributed by atoms with Crippen molar-refractivity contribution >= 4 is 40.7 Å². The molecule has 1 unspecified atom stereocenters. The van der Waals surface area contributed by atoms with Gasteiger partial charge in [-0.25, -0.2) is 0 Å². The van der Waals surface area contributed by atoms with Crippen molar-refractivity contribution in [2.75, 3.05) is 19.0 Å². The molecule has 0 spiro atoms. The zero-order valence-electron chi connectivity index (χ0n) is 16.0. The lowest BCUT2D eigenvalue weighted by atomic mass is 10.1. The van der Waals surface area contributed by atoms with Crippen molar-refractivity contribution < 1.29 is 14.3 Å². The van der Waals surface area contributed by atoms with E-state index in [-0.39, 0.29) is 11.8 Å². The molecule has 0 aromatic heterocycles. The Bertz CT molecular complexity index is 930. The number of benzene rings is 2. The number of likely N-dealkylation sites (tertiary alicyclic amines) is 1. The van der Waals surface area contributed by atoms with E-state index < -0.39 is 6.04 Å². The summed E-state index contributed by atoms with van der Waals surface area (Å²) in [5.74, 6) is 0.308. The van der Waals surface area contributed by atoms with E-state index in [0.717, 1.165) is 23.3 Å². The quantitative estimate of drug-likeness (QED) is 0.767. The van der Waals surface area contributed by atoms with Crippen molar-refractivity contribution in [3.63, 3.8) is 0 Å². The van der Waals surface area contributed by atoms with Gasteiger partial charge >= 0.3 is 0 Å². The lowest BCUT2D eigenvalue weighted by Gasteiger charge is -2.25. The summed E-state index contributed by atoms with van der Waals surface area (Å²) >= 11 is 12.0. The van der Waals surface area contributed by atoms with Gasteiger partial charge in [-0.2, -0.15) is 0 Å². The number of nitrogens with one attached hydrogen (secondary N) is 1. The Morgan fingerprint density at radius 3 is 2.57 bits per heavy atom. The molecule has 1 saturated heterocycles. The van der Waals surface area contributed by atoms with E-state index in [2.05, 4.69) is 5.32 Å². The second-order valence-corrected chi connectivity index (χ2v) is 7.68. The topological polar surface area (TPSA) is 58.6 Å². The van der Waals surface area contributed by atoms with E-state index in [0.29, 0.717) is 34.3 Å². The monoisotopic (exact) mass is 420 g/mol. The molecule has 1 N–H and O–H groups in total. The Hall–Kier alpha value is -2.24. The van der Waals surface area contributed by atoms with Crippen molar-refractivity contribution in [2.45, 2.75) is 32.7 Å². The number of carbonyl (C=O) groups is 2. The van der Waals surface area contributed by atoms with Crippen molar-refractivity contribution in [3.8, 4) is 5.75 Å². The fourth-order valence-electron chi connectivity index (χ4n) is 3.57. The fraction of sp³-hybridized carbons (Fsp3) is 0.333. The minimum absolute atomic E-state index is 0.208. The maximum absolute atomic E-state index is 12.9. The first-order chi connectivity index (χ1) is 13.3. The fourth-order valence-corrected chi connectivity index (χ4v) is 3.87. The number of anilines is 1. The van der Waals surface area contributed by atoms with Crippen LogP contribution in [-0.4, -0.2) is 36.4 Å². The number of nitrogens with zero attached hydrogens (tertiary/aromatic N) is 1. The molecule has 2 amide bonds. The van der Waals surface area contributed by atoms with Crippen LogP contribution in [0.1, 0.15) is 34.3 Å². The summed E-state index contributed by atoms with van der Waals surface area (Å²) in [4.78, 5) is 27.4. The number of halogens is 2. The van der Waals surface area contributed by atoms with Crippen LogP contribution in [0.2, 0.25) is 10.0 Å². The Morgan fingerprint density at radius 2 is 1.89 bits per heavy atom. The van der Waals surface area contributed by atoms with E-state index in [9.17, 15) is 9.59 Å². The largest absolute Gasteiger partial charge is 0.496 e. The molecule has 1 atom stereocenters. The molecule has 0 radical (unpaired) electrons. The maximum Gasteiger partial charge on any atom is 0.254 e. The van der Waals surface area contributed by atoms with Crippen LogP contribution in [-0.2, 0) is 4.79 Å². The SMILES string of the molecule is COc1c(C)ccc(NC(=O)C2CCCN2C(=O)c2ccc(Cl)c(Cl)c2)c1C. The molecule has 7 heteroatoms. The molecule has 1 fully saturated rings. The van der Waals surface area contributed by atoms with Gasteiger partial charge in [0.25, 0.3) is 5.91 Å². The first kappa shape index (κ1) is 20.5. The smallest absolute Gasteiger partial charge is 0.254 e. The molecule has 2 aromatic carbocycles. The summed E-state index contributed by atoms with van der Waals surface area (Å²) in [7, 11) is 1.61. The molecule has 148 valence electrons. The molecule has 0 saturated carbocycles. The zero-order chi connectivity index (χ0) is 20.4. The highest BCUT2D eigenvalue weighted by Gasteiger charge is 2.35. The second kappa shape index (κ2) is 8.41. The Balaban J connectivity index is 1.80. The number of aryl methyl sites for hydroxylation is 1. The summed E-state index contributed by atoms with van der Waals surface area (Å²) in [5, 5.41) is 3.65. The number of rotatable bonds is 4. The van der Waals surface area contributed by atoms with Crippen molar-refractivity contribution in [1.29, 1.82) is 0 Å². The van der Waals surface area contributed by atoms with Gasteiger partial charge in [-0.1, -0.05) is 29.3 Å². The van der Waals surface area contributed by atoms with E-state index in [1.165, 1.54) is 6.07 Å². The van der Waals surface area contributed by atoms with Gasteiger partial charge in [0.15, 0.2) is 0 Å². The maximum atomic E-state index is 12.9.